The van der Waals surface area contributed by atoms with E-state index in [9.17, 15) is 18.3 Å². The summed E-state index contributed by atoms with van der Waals surface area (Å²) in [4.78, 5) is 13.7. The first-order valence-electron chi connectivity index (χ1n) is 7.45. The molecular formula is C14H28N2O4S. The summed E-state index contributed by atoms with van der Waals surface area (Å²) in [5.41, 5.74) is -0.892. The monoisotopic (exact) mass is 320 g/mol. The highest BCUT2D eigenvalue weighted by atomic mass is 32.2. The Morgan fingerprint density at radius 1 is 1.48 bits per heavy atom. The molecule has 0 saturated heterocycles. The van der Waals surface area contributed by atoms with E-state index in [2.05, 4.69) is 5.32 Å². The summed E-state index contributed by atoms with van der Waals surface area (Å²) in [7, 11) is -1.12. The second-order valence-corrected chi connectivity index (χ2v) is 8.81. The van der Waals surface area contributed by atoms with E-state index in [1.54, 1.807) is 0 Å². The van der Waals surface area contributed by atoms with E-state index in [-0.39, 0.29) is 17.8 Å². The lowest BCUT2D eigenvalue weighted by molar-refractivity contribution is -0.147. The minimum Gasteiger partial charge on any atom is -0.480 e. The molecule has 0 spiro atoms. The molecule has 2 atom stereocenters. The van der Waals surface area contributed by atoms with Crippen molar-refractivity contribution in [3.63, 3.8) is 0 Å². The standard InChI is InChI=1S/C14H28N2O4S/c1-11(2)15-14(13(17)18)7-5-6-12(10-14)16(3)8-9-21(4,19)20/h11-12,15H,5-10H2,1-4H3,(H,17,18). The Morgan fingerprint density at radius 3 is 2.57 bits per heavy atom. The van der Waals surface area contributed by atoms with Gasteiger partial charge in [0.1, 0.15) is 15.4 Å². The van der Waals surface area contributed by atoms with Crippen molar-refractivity contribution >= 4 is 15.8 Å². The van der Waals surface area contributed by atoms with E-state index in [0.29, 0.717) is 19.4 Å². The largest absolute Gasteiger partial charge is 0.480 e. The molecule has 124 valence electrons. The number of hydrogen-bond acceptors (Lipinski definition) is 5. The van der Waals surface area contributed by atoms with Gasteiger partial charge in [0.25, 0.3) is 0 Å². The topological polar surface area (TPSA) is 86.7 Å². The number of hydrogen-bond donors (Lipinski definition) is 2. The fourth-order valence-corrected chi connectivity index (χ4v) is 3.67. The molecule has 0 amide bonds. The minimum atomic E-state index is -3.00. The van der Waals surface area contributed by atoms with Crippen molar-refractivity contribution in [2.24, 2.45) is 0 Å². The first-order valence-corrected chi connectivity index (χ1v) is 9.51. The van der Waals surface area contributed by atoms with Gasteiger partial charge in [0.2, 0.25) is 0 Å². The molecule has 7 heteroatoms. The number of aliphatic carboxylic acids is 1. The van der Waals surface area contributed by atoms with Gasteiger partial charge in [0.15, 0.2) is 0 Å². The van der Waals surface area contributed by atoms with E-state index in [1.807, 2.05) is 25.8 Å². The molecule has 1 aliphatic rings. The number of carboxylic acid groups (broad SMARTS) is 1. The first kappa shape index (κ1) is 18.4. The van der Waals surface area contributed by atoms with Crippen molar-refractivity contribution in [3.8, 4) is 0 Å². The maximum absolute atomic E-state index is 11.7. The van der Waals surface area contributed by atoms with Gasteiger partial charge in [0.05, 0.1) is 5.75 Å². The Kier molecular flexibility index (Phi) is 6.19. The molecule has 0 aromatic rings. The molecule has 21 heavy (non-hydrogen) atoms. The fraction of sp³-hybridized carbons (Fsp3) is 0.929. The summed E-state index contributed by atoms with van der Waals surface area (Å²) >= 11 is 0. The lowest BCUT2D eigenvalue weighted by Crippen LogP contribution is -2.60. The van der Waals surface area contributed by atoms with Crippen LogP contribution in [0.3, 0.4) is 0 Å². The van der Waals surface area contributed by atoms with E-state index in [1.165, 1.54) is 6.26 Å². The third-order valence-corrected chi connectivity index (χ3v) is 5.06. The Morgan fingerprint density at radius 2 is 2.10 bits per heavy atom. The second kappa shape index (κ2) is 7.07. The van der Waals surface area contributed by atoms with Gasteiger partial charge in [0, 0.05) is 24.9 Å². The van der Waals surface area contributed by atoms with Gasteiger partial charge < -0.3 is 10.0 Å². The molecule has 0 bridgehead atoms. The van der Waals surface area contributed by atoms with Crippen LogP contribution < -0.4 is 5.32 Å². The van der Waals surface area contributed by atoms with Gasteiger partial charge in [-0.05, 0) is 46.6 Å². The van der Waals surface area contributed by atoms with Crippen LogP contribution in [0, 0.1) is 0 Å². The molecule has 1 fully saturated rings. The van der Waals surface area contributed by atoms with Crippen LogP contribution in [-0.4, -0.2) is 67.6 Å². The van der Waals surface area contributed by atoms with Gasteiger partial charge in [-0.25, -0.2) is 8.42 Å². The number of nitrogens with zero attached hydrogens (tertiary/aromatic N) is 1. The van der Waals surface area contributed by atoms with E-state index < -0.39 is 21.3 Å². The number of sulfone groups is 1. The van der Waals surface area contributed by atoms with Crippen LogP contribution >= 0.6 is 0 Å². The molecule has 1 aliphatic carbocycles. The number of carbonyl (C=O) groups is 1. The minimum absolute atomic E-state index is 0.0983. The van der Waals surface area contributed by atoms with Crippen molar-refractivity contribution in [2.45, 2.75) is 57.2 Å². The van der Waals surface area contributed by atoms with Crippen molar-refractivity contribution in [1.82, 2.24) is 10.2 Å². The molecule has 0 heterocycles. The average Bonchev–Trinajstić information content (AvgIpc) is 2.34. The zero-order valence-corrected chi connectivity index (χ0v) is 14.2. The third kappa shape index (κ3) is 5.56. The average molecular weight is 320 g/mol. The smallest absolute Gasteiger partial charge is 0.323 e. The molecule has 0 radical (unpaired) electrons. The van der Waals surface area contributed by atoms with Crippen molar-refractivity contribution < 1.29 is 18.3 Å². The quantitative estimate of drug-likeness (QED) is 0.719. The highest BCUT2D eigenvalue weighted by Crippen LogP contribution is 2.31. The molecule has 1 rings (SSSR count). The molecule has 1 saturated carbocycles. The van der Waals surface area contributed by atoms with Crippen molar-refractivity contribution in [3.05, 3.63) is 0 Å². The summed E-state index contributed by atoms with van der Waals surface area (Å²) in [6, 6.07) is 0.198. The van der Waals surface area contributed by atoms with Crippen LogP contribution in [-0.2, 0) is 14.6 Å². The molecule has 0 aliphatic heterocycles. The number of carboxylic acids is 1. The van der Waals surface area contributed by atoms with Crippen LogP contribution in [0.5, 0.6) is 0 Å². The highest BCUT2D eigenvalue weighted by molar-refractivity contribution is 7.90. The Bertz CT molecular complexity index is 464. The maximum atomic E-state index is 11.7. The van der Waals surface area contributed by atoms with Crippen LogP contribution in [0.25, 0.3) is 0 Å². The van der Waals surface area contributed by atoms with E-state index in [0.717, 1.165) is 12.8 Å². The molecule has 6 nitrogen and oxygen atoms in total. The van der Waals surface area contributed by atoms with Gasteiger partial charge >= 0.3 is 5.97 Å². The zero-order chi connectivity index (χ0) is 16.3. The SMILES string of the molecule is CC(C)NC1(C(=O)O)CCCC(N(C)CCS(C)(=O)=O)C1. The van der Waals surface area contributed by atoms with Crippen molar-refractivity contribution in [1.29, 1.82) is 0 Å². The summed E-state index contributed by atoms with van der Waals surface area (Å²) in [5.74, 6) is -0.699. The second-order valence-electron chi connectivity index (χ2n) is 6.55. The van der Waals surface area contributed by atoms with Gasteiger partial charge in [-0.3, -0.25) is 10.1 Å². The number of rotatable bonds is 7. The van der Waals surface area contributed by atoms with Crippen molar-refractivity contribution in [2.75, 3.05) is 25.6 Å². The summed E-state index contributed by atoms with van der Waals surface area (Å²) in [5, 5.41) is 12.8. The van der Waals surface area contributed by atoms with E-state index >= 15 is 0 Å². The number of nitrogens with one attached hydrogen (secondary N) is 1. The first-order chi connectivity index (χ1) is 9.56. The lowest BCUT2D eigenvalue weighted by Gasteiger charge is -2.42. The molecule has 2 N–H and O–H groups in total. The third-order valence-electron chi connectivity index (χ3n) is 4.14. The molecule has 0 aromatic carbocycles. The molecular weight excluding hydrogens is 292 g/mol. The normalized spacial score (nSPS) is 27.2. The van der Waals surface area contributed by atoms with E-state index in [4.69, 9.17) is 0 Å². The summed E-state index contributed by atoms with van der Waals surface area (Å²) in [6.45, 7) is 4.34. The van der Waals surface area contributed by atoms with Gasteiger partial charge in [-0.15, -0.1) is 0 Å². The summed E-state index contributed by atoms with van der Waals surface area (Å²) in [6.07, 6.45) is 4.11. The fourth-order valence-electron chi connectivity index (χ4n) is 3.05. The van der Waals surface area contributed by atoms with Crippen LogP contribution in [0.1, 0.15) is 39.5 Å². The van der Waals surface area contributed by atoms with Gasteiger partial charge in [-0.1, -0.05) is 0 Å². The van der Waals surface area contributed by atoms with Crippen LogP contribution in [0.15, 0.2) is 0 Å². The Balaban J connectivity index is 2.75. The van der Waals surface area contributed by atoms with Crippen LogP contribution in [0.4, 0.5) is 0 Å². The predicted molar refractivity (Wildman–Crippen MR) is 83.2 cm³/mol. The molecule has 0 aromatic heterocycles. The lowest BCUT2D eigenvalue weighted by atomic mass is 9.78. The Hall–Kier alpha value is -0.660. The van der Waals surface area contributed by atoms with Crippen LogP contribution in [0.2, 0.25) is 0 Å². The predicted octanol–water partition coefficient (Wildman–Crippen LogP) is 0.727. The molecule has 2 unspecified atom stereocenters. The maximum Gasteiger partial charge on any atom is 0.323 e. The van der Waals surface area contributed by atoms with Gasteiger partial charge in [-0.2, -0.15) is 0 Å². The summed E-state index contributed by atoms with van der Waals surface area (Å²) < 4.78 is 22.5. The zero-order valence-electron chi connectivity index (χ0n) is 13.4. The Labute approximate surface area is 127 Å². The highest BCUT2D eigenvalue weighted by Gasteiger charge is 2.44.